The summed E-state index contributed by atoms with van der Waals surface area (Å²) in [6, 6.07) is 5.00. The van der Waals surface area contributed by atoms with E-state index in [1.165, 1.54) is 31.7 Å². The van der Waals surface area contributed by atoms with Crippen LogP contribution in [0.5, 0.6) is 0 Å². The monoisotopic (exact) mass is 287 g/mol. The highest BCUT2D eigenvalue weighted by molar-refractivity contribution is 8.00. The van der Waals surface area contributed by atoms with Gasteiger partial charge in [-0.1, -0.05) is 30.5 Å². The van der Waals surface area contributed by atoms with Crippen molar-refractivity contribution >= 4 is 23.4 Å². The molecule has 0 unspecified atom stereocenters. The van der Waals surface area contributed by atoms with Crippen molar-refractivity contribution in [3.05, 3.63) is 34.6 Å². The van der Waals surface area contributed by atoms with Crippen LogP contribution in [0.15, 0.2) is 18.2 Å². The van der Waals surface area contributed by atoms with Gasteiger partial charge in [0.1, 0.15) is 5.82 Å². The lowest BCUT2D eigenvalue weighted by molar-refractivity contribution is 0.532. The summed E-state index contributed by atoms with van der Waals surface area (Å²) < 4.78 is 13.7. The van der Waals surface area contributed by atoms with Crippen molar-refractivity contribution in [1.82, 2.24) is 5.32 Å². The Kier molecular flexibility index (Phi) is 4.93. The smallest absolute Gasteiger partial charge is 0.142 e. The van der Waals surface area contributed by atoms with Crippen LogP contribution in [0, 0.1) is 5.82 Å². The van der Waals surface area contributed by atoms with Gasteiger partial charge < -0.3 is 5.32 Å². The van der Waals surface area contributed by atoms with Crippen molar-refractivity contribution < 1.29 is 4.39 Å². The molecular formula is C14H19ClFNS. The molecule has 18 heavy (non-hydrogen) atoms. The molecule has 1 aromatic rings. The fourth-order valence-corrected chi connectivity index (χ4v) is 3.62. The van der Waals surface area contributed by atoms with E-state index in [-0.39, 0.29) is 10.8 Å². The minimum absolute atomic E-state index is 0.190. The van der Waals surface area contributed by atoms with Gasteiger partial charge in [0.05, 0.1) is 5.02 Å². The molecule has 0 atom stereocenters. The van der Waals surface area contributed by atoms with Crippen LogP contribution in [-0.4, -0.2) is 17.5 Å². The first-order valence-corrected chi connectivity index (χ1v) is 7.95. The molecule has 1 aliphatic carbocycles. The van der Waals surface area contributed by atoms with E-state index in [1.54, 1.807) is 6.07 Å². The number of thioether (sulfide) groups is 1. The highest BCUT2D eigenvalue weighted by Crippen LogP contribution is 2.39. The molecular weight excluding hydrogens is 269 g/mol. The van der Waals surface area contributed by atoms with E-state index in [4.69, 9.17) is 11.6 Å². The van der Waals surface area contributed by atoms with Crippen molar-refractivity contribution in [3.8, 4) is 0 Å². The van der Waals surface area contributed by atoms with Crippen LogP contribution in [0.1, 0.15) is 31.2 Å². The minimum Gasteiger partial charge on any atom is -0.311 e. The predicted molar refractivity (Wildman–Crippen MR) is 77.8 cm³/mol. The van der Waals surface area contributed by atoms with Crippen molar-refractivity contribution in [2.45, 2.75) is 37.0 Å². The SMILES string of the molecule is CSC1(CNCc2ccc(Cl)c(F)c2)CCCC1. The van der Waals surface area contributed by atoms with E-state index in [1.807, 2.05) is 17.8 Å². The zero-order valence-electron chi connectivity index (χ0n) is 10.6. The summed E-state index contributed by atoms with van der Waals surface area (Å²) in [5, 5.41) is 3.64. The number of hydrogen-bond donors (Lipinski definition) is 1. The van der Waals surface area contributed by atoms with E-state index < -0.39 is 0 Å². The van der Waals surface area contributed by atoms with Crippen molar-refractivity contribution in [3.63, 3.8) is 0 Å². The summed E-state index contributed by atoms with van der Waals surface area (Å²) in [6.07, 6.45) is 7.43. The standard InChI is InChI=1S/C14H19ClFNS/c1-18-14(6-2-3-7-14)10-17-9-11-4-5-12(15)13(16)8-11/h4-5,8,17H,2-3,6-7,9-10H2,1H3. The summed E-state index contributed by atoms with van der Waals surface area (Å²) >= 11 is 7.63. The van der Waals surface area contributed by atoms with Gasteiger partial charge in [0.15, 0.2) is 0 Å². The average molecular weight is 288 g/mol. The van der Waals surface area contributed by atoms with Crippen molar-refractivity contribution in [2.75, 3.05) is 12.8 Å². The van der Waals surface area contributed by atoms with Crippen LogP contribution in [-0.2, 0) is 6.54 Å². The molecule has 0 amide bonds. The maximum absolute atomic E-state index is 13.3. The molecule has 100 valence electrons. The van der Waals surface area contributed by atoms with E-state index in [2.05, 4.69) is 11.6 Å². The molecule has 1 fully saturated rings. The van der Waals surface area contributed by atoms with Crippen LogP contribution in [0.25, 0.3) is 0 Å². The third-order valence-electron chi connectivity index (χ3n) is 3.71. The molecule has 0 saturated heterocycles. The first-order chi connectivity index (χ1) is 8.65. The Hall–Kier alpha value is -0.250. The van der Waals surface area contributed by atoms with Gasteiger partial charge in [-0.25, -0.2) is 4.39 Å². The van der Waals surface area contributed by atoms with Gasteiger partial charge in [-0.15, -0.1) is 0 Å². The molecule has 0 bridgehead atoms. The summed E-state index contributed by atoms with van der Waals surface area (Å²) in [5.74, 6) is -0.337. The molecule has 0 heterocycles. The van der Waals surface area contributed by atoms with Crippen molar-refractivity contribution in [1.29, 1.82) is 0 Å². The van der Waals surface area contributed by atoms with Gasteiger partial charge in [0, 0.05) is 17.8 Å². The highest BCUT2D eigenvalue weighted by atomic mass is 35.5. The van der Waals surface area contributed by atoms with E-state index in [9.17, 15) is 4.39 Å². The quantitative estimate of drug-likeness (QED) is 0.869. The van der Waals surface area contributed by atoms with Crippen LogP contribution in [0.3, 0.4) is 0 Å². The Morgan fingerprint density at radius 3 is 2.72 bits per heavy atom. The van der Waals surface area contributed by atoms with Gasteiger partial charge in [-0.3, -0.25) is 0 Å². The Labute approximate surface area is 117 Å². The maximum atomic E-state index is 13.3. The van der Waals surface area contributed by atoms with E-state index in [0.717, 1.165) is 12.1 Å². The average Bonchev–Trinajstić information content (AvgIpc) is 2.83. The molecule has 1 aromatic carbocycles. The first-order valence-electron chi connectivity index (χ1n) is 6.35. The molecule has 1 saturated carbocycles. The van der Waals surface area contributed by atoms with Crippen LogP contribution < -0.4 is 5.32 Å². The molecule has 1 nitrogen and oxygen atoms in total. The summed E-state index contributed by atoms with van der Waals surface area (Å²) in [6.45, 7) is 1.70. The molecule has 2 rings (SSSR count). The van der Waals surface area contributed by atoms with E-state index in [0.29, 0.717) is 11.3 Å². The number of hydrogen-bond acceptors (Lipinski definition) is 2. The lowest BCUT2D eigenvalue weighted by Crippen LogP contribution is -2.34. The molecule has 0 radical (unpaired) electrons. The Morgan fingerprint density at radius 2 is 2.11 bits per heavy atom. The normalized spacial score (nSPS) is 18.2. The lowest BCUT2D eigenvalue weighted by atomic mass is 10.1. The zero-order valence-corrected chi connectivity index (χ0v) is 12.2. The fourth-order valence-electron chi connectivity index (χ4n) is 2.56. The molecule has 0 aliphatic heterocycles. The Balaban J connectivity index is 1.86. The third kappa shape index (κ3) is 3.40. The fraction of sp³-hybridized carbons (Fsp3) is 0.571. The second kappa shape index (κ2) is 6.27. The molecule has 4 heteroatoms. The molecule has 0 aromatic heterocycles. The van der Waals surface area contributed by atoms with Crippen LogP contribution in [0.4, 0.5) is 4.39 Å². The van der Waals surface area contributed by atoms with Crippen molar-refractivity contribution in [2.24, 2.45) is 0 Å². The van der Waals surface area contributed by atoms with E-state index >= 15 is 0 Å². The maximum Gasteiger partial charge on any atom is 0.142 e. The number of halogens is 2. The molecule has 1 aliphatic rings. The van der Waals surface area contributed by atoms with Gasteiger partial charge in [0.25, 0.3) is 0 Å². The number of nitrogens with one attached hydrogen (secondary N) is 1. The zero-order chi connectivity index (χ0) is 13.0. The van der Waals surface area contributed by atoms with Gasteiger partial charge in [-0.05, 0) is 36.8 Å². The van der Waals surface area contributed by atoms with Gasteiger partial charge in [0.2, 0.25) is 0 Å². The lowest BCUT2D eigenvalue weighted by Gasteiger charge is -2.27. The molecule has 0 spiro atoms. The van der Waals surface area contributed by atoms with Gasteiger partial charge >= 0.3 is 0 Å². The topological polar surface area (TPSA) is 12.0 Å². The van der Waals surface area contributed by atoms with Crippen LogP contribution in [0.2, 0.25) is 5.02 Å². The number of rotatable bonds is 5. The summed E-state index contributed by atoms with van der Waals surface area (Å²) in [5.41, 5.74) is 0.950. The first kappa shape index (κ1) is 14.2. The number of benzene rings is 1. The third-order valence-corrected chi connectivity index (χ3v) is 5.43. The Morgan fingerprint density at radius 1 is 1.39 bits per heavy atom. The van der Waals surface area contributed by atoms with Crippen LogP contribution >= 0.6 is 23.4 Å². The minimum atomic E-state index is -0.337. The predicted octanol–water partition coefficient (Wildman–Crippen LogP) is 4.24. The Bertz CT molecular complexity index is 405. The summed E-state index contributed by atoms with van der Waals surface area (Å²) in [4.78, 5) is 0. The van der Waals surface area contributed by atoms with Gasteiger partial charge in [-0.2, -0.15) is 11.8 Å². The highest BCUT2D eigenvalue weighted by Gasteiger charge is 2.32. The largest absolute Gasteiger partial charge is 0.311 e. The summed E-state index contributed by atoms with van der Waals surface area (Å²) in [7, 11) is 0. The second-order valence-electron chi connectivity index (χ2n) is 4.95. The second-order valence-corrected chi connectivity index (χ2v) is 6.63. The molecule has 1 N–H and O–H groups in total.